The lowest BCUT2D eigenvalue weighted by molar-refractivity contribution is 0.0312. The summed E-state index contributed by atoms with van der Waals surface area (Å²) in [4.78, 5) is 15.6. The van der Waals surface area contributed by atoms with Crippen LogP contribution in [0.15, 0.2) is 24.4 Å². The molecule has 3 nitrogen and oxygen atoms in total. The monoisotopic (exact) mass is 235 g/mol. The van der Waals surface area contributed by atoms with E-state index in [-0.39, 0.29) is 12.1 Å². The molecule has 0 aromatic carbocycles. The Morgan fingerprint density at radius 2 is 2.18 bits per heavy atom. The van der Waals surface area contributed by atoms with Crippen molar-refractivity contribution in [3.8, 4) is 0 Å². The zero-order valence-corrected chi connectivity index (χ0v) is 10.7. The first kappa shape index (κ1) is 13.7. The van der Waals surface area contributed by atoms with Gasteiger partial charge in [-0.3, -0.25) is 0 Å². The third-order valence-corrected chi connectivity index (χ3v) is 2.65. The summed E-state index contributed by atoms with van der Waals surface area (Å²) in [5.74, 6) is -0.325. The SMILES string of the molecule is CCCCCCC(C)OC(=O)c1ccccn1. The Bertz CT molecular complexity index is 324. The Kier molecular flexibility index (Phi) is 6.30. The molecule has 0 amide bonds. The van der Waals surface area contributed by atoms with Crippen LogP contribution in [0.25, 0.3) is 0 Å². The van der Waals surface area contributed by atoms with Crippen molar-refractivity contribution in [2.24, 2.45) is 0 Å². The lowest BCUT2D eigenvalue weighted by atomic mass is 10.1. The van der Waals surface area contributed by atoms with Gasteiger partial charge in [-0.15, -0.1) is 0 Å². The van der Waals surface area contributed by atoms with Crippen LogP contribution in [0.2, 0.25) is 0 Å². The number of ether oxygens (including phenoxy) is 1. The van der Waals surface area contributed by atoms with Gasteiger partial charge in [-0.05, 0) is 31.9 Å². The highest BCUT2D eigenvalue weighted by molar-refractivity contribution is 5.87. The molecule has 1 atom stereocenters. The summed E-state index contributed by atoms with van der Waals surface area (Å²) in [7, 11) is 0. The van der Waals surface area contributed by atoms with Gasteiger partial charge in [-0.25, -0.2) is 9.78 Å². The third kappa shape index (κ3) is 5.48. The topological polar surface area (TPSA) is 39.2 Å². The van der Waals surface area contributed by atoms with Crippen LogP contribution in [0.3, 0.4) is 0 Å². The van der Waals surface area contributed by atoms with Gasteiger partial charge in [-0.2, -0.15) is 0 Å². The fourth-order valence-corrected chi connectivity index (χ4v) is 1.64. The number of aromatic nitrogens is 1. The van der Waals surface area contributed by atoms with Gasteiger partial charge in [0.2, 0.25) is 0 Å². The summed E-state index contributed by atoms with van der Waals surface area (Å²) in [5.41, 5.74) is 0.382. The van der Waals surface area contributed by atoms with Gasteiger partial charge in [-0.1, -0.05) is 32.3 Å². The minimum Gasteiger partial charge on any atom is -0.458 e. The van der Waals surface area contributed by atoms with Crippen molar-refractivity contribution < 1.29 is 9.53 Å². The molecule has 0 saturated heterocycles. The Balaban J connectivity index is 2.26. The molecule has 0 saturated carbocycles. The Morgan fingerprint density at radius 3 is 2.82 bits per heavy atom. The lowest BCUT2D eigenvalue weighted by Gasteiger charge is -2.12. The van der Waals surface area contributed by atoms with Crippen LogP contribution in [0.5, 0.6) is 0 Å². The summed E-state index contributed by atoms with van der Waals surface area (Å²) in [6.07, 6.45) is 7.30. The van der Waals surface area contributed by atoms with Gasteiger partial charge in [0.1, 0.15) is 5.69 Å². The van der Waals surface area contributed by atoms with E-state index in [1.165, 1.54) is 19.3 Å². The molecule has 1 aromatic rings. The molecule has 17 heavy (non-hydrogen) atoms. The third-order valence-electron chi connectivity index (χ3n) is 2.65. The summed E-state index contributed by atoms with van der Waals surface area (Å²) in [5, 5.41) is 0. The molecular weight excluding hydrogens is 214 g/mol. The number of carbonyl (C=O) groups excluding carboxylic acids is 1. The van der Waals surface area contributed by atoms with E-state index >= 15 is 0 Å². The summed E-state index contributed by atoms with van der Waals surface area (Å²) in [6, 6.07) is 5.24. The minimum absolute atomic E-state index is 0.0265. The van der Waals surface area contributed by atoms with Crippen LogP contribution in [0.1, 0.15) is 56.4 Å². The first-order chi connectivity index (χ1) is 8.24. The second-order valence-corrected chi connectivity index (χ2v) is 4.28. The number of hydrogen-bond donors (Lipinski definition) is 0. The maximum atomic E-state index is 11.7. The minimum atomic E-state index is -0.325. The van der Waals surface area contributed by atoms with Gasteiger partial charge in [0, 0.05) is 6.20 Å². The number of hydrogen-bond acceptors (Lipinski definition) is 3. The zero-order valence-electron chi connectivity index (χ0n) is 10.7. The van der Waals surface area contributed by atoms with Crippen LogP contribution >= 0.6 is 0 Å². The molecule has 0 aliphatic carbocycles. The summed E-state index contributed by atoms with van der Waals surface area (Å²) in [6.45, 7) is 4.12. The maximum Gasteiger partial charge on any atom is 0.357 e. The highest BCUT2D eigenvalue weighted by Gasteiger charge is 2.12. The molecule has 0 radical (unpaired) electrons. The second-order valence-electron chi connectivity index (χ2n) is 4.28. The van der Waals surface area contributed by atoms with E-state index in [1.54, 1.807) is 24.4 Å². The molecule has 1 rings (SSSR count). The zero-order chi connectivity index (χ0) is 12.5. The number of nitrogens with zero attached hydrogens (tertiary/aromatic N) is 1. The molecule has 1 aromatic heterocycles. The predicted octanol–water partition coefficient (Wildman–Crippen LogP) is 3.60. The standard InChI is InChI=1S/C14H21NO2/c1-3-4-5-6-9-12(2)17-14(16)13-10-7-8-11-15-13/h7-8,10-12H,3-6,9H2,1-2H3. The molecule has 0 bridgehead atoms. The van der Waals surface area contributed by atoms with E-state index in [0.29, 0.717) is 5.69 Å². The van der Waals surface area contributed by atoms with E-state index in [0.717, 1.165) is 12.8 Å². The molecule has 1 unspecified atom stereocenters. The van der Waals surface area contributed by atoms with Crippen LogP contribution in [0, 0.1) is 0 Å². The molecule has 0 aliphatic heterocycles. The van der Waals surface area contributed by atoms with E-state index < -0.39 is 0 Å². The molecule has 0 aliphatic rings. The fourth-order valence-electron chi connectivity index (χ4n) is 1.64. The molecule has 0 N–H and O–H groups in total. The average Bonchev–Trinajstić information content (AvgIpc) is 2.36. The van der Waals surface area contributed by atoms with Crippen molar-refractivity contribution in [3.63, 3.8) is 0 Å². The molecular formula is C14H21NO2. The molecule has 0 fully saturated rings. The predicted molar refractivity (Wildman–Crippen MR) is 67.9 cm³/mol. The van der Waals surface area contributed by atoms with Crippen molar-refractivity contribution >= 4 is 5.97 Å². The number of pyridine rings is 1. The van der Waals surface area contributed by atoms with Crippen LogP contribution in [0.4, 0.5) is 0 Å². The maximum absolute atomic E-state index is 11.7. The number of carbonyl (C=O) groups is 1. The normalized spacial score (nSPS) is 12.1. The Labute approximate surface area is 103 Å². The lowest BCUT2D eigenvalue weighted by Crippen LogP contribution is -2.15. The van der Waals surface area contributed by atoms with Gasteiger partial charge in [0.05, 0.1) is 6.10 Å². The van der Waals surface area contributed by atoms with Crippen molar-refractivity contribution in [3.05, 3.63) is 30.1 Å². The first-order valence-corrected chi connectivity index (χ1v) is 6.36. The van der Waals surface area contributed by atoms with Crippen LogP contribution in [-0.4, -0.2) is 17.1 Å². The largest absolute Gasteiger partial charge is 0.458 e. The van der Waals surface area contributed by atoms with Crippen molar-refractivity contribution in [2.75, 3.05) is 0 Å². The van der Waals surface area contributed by atoms with Crippen molar-refractivity contribution in [1.29, 1.82) is 0 Å². The second kappa shape index (κ2) is 7.82. The number of esters is 1. The van der Waals surface area contributed by atoms with Crippen LogP contribution in [-0.2, 0) is 4.74 Å². The van der Waals surface area contributed by atoms with Crippen molar-refractivity contribution in [2.45, 2.75) is 52.1 Å². The molecule has 3 heteroatoms. The van der Waals surface area contributed by atoms with E-state index in [2.05, 4.69) is 11.9 Å². The number of unbranched alkanes of at least 4 members (excludes halogenated alkanes) is 3. The van der Waals surface area contributed by atoms with Gasteiger partial charge < -0.3 is 4.74 Å². The van der Waals surface area contributed by atoms with Crippen molar-refractivity contribution in [1.82, 2.24) is 4.98 Å². The smallest absolute Gasteiger partial charge is 0.357 e. The highest BCUT2D eigenvalue weighted by atomic mass is 16.5. The average molecular weight is 235 g/mol. The Morgan fingerprint density at radius 1 is 1.35 bits per heavy atom. The number of rotatable bonds is 7. The van der Waals surface area contributed by atoms with Gasteiger partial charge in [0.25, 0.3) is 0 Å². The summed E-state index contributed by atoms with van der Waals surface area (Å²) >= 11 is 0. The Hall–Kier alpha value is -1.38. The first-order valence-electron chi connectivity index (χ1n) is 6.36. The summed E-state index contributed by atoms with van der Waals surface area (Å²) < 4.78 is 5.32. The quantitative estimate of drug-likeness (QED) is 0.535. The molecule has 1 heterocycles. The van der Waals surface area contributed by atoms with Gasteiger partial charge in [0.15, 0.2) is 0 Å². The van der Waals surface area contributed by atoms with E-state index in [9.17, 15) is 4.79 Å². The molecule has 94 valence electrons. The fraction of sp³-hybridized carbons (Fsp3) is 0.571. The van der Waals surface area contributed by atoms with Crippen LogP contribution < -0.4 is 0 Å². The van der Waals surface area contributed by atoms with E-state index in [1.807, 2.05) is 6.92 Å². The molecule has 0 spiro atoms. The van der Waals surface area contributed by atoms with Gasteiger partial charge >= 0.3 is 5.97 Å². The van der Waals surface area contributed by atoms with E-state index in [4.69, 9.17) is 4.74 Å². The highest BCUT2D eigenvalue weighted by Crippen LogP contribution is 2.09.